The van der Waals surface area contributed by atoms with E-state index in [1.807, 2.05) is 0 Å². The first-order valence-electron chi connectivity index (χ1n) is 6.72. The number of hydrogen-bond acceptors (Lipinski definition) is 4. The van der Waals surface area contributed by atoms with Crippen molar-refractivity contribution in [2.45, 2.75) is 39.0 Å². The zero-order chi connectivity index (χ0) is 13.5. The van der Waals surface area contributed by atoms with E-state index in [-0.39, 0.29) is 6.61 Å². The van der Waals surface area contributed by atoms with Crippen LogP contribution in [-0.4, -0.2) is 50.7 Å². The molecule has 0 aromatic rings. The van der Waals surface area contributed by atoms with Crippen LogP contribution >= 0.6 is 0 Å². The van der Waals surface area contributed by atoms with Crippen molar-refractivity contribution in [3.63, 3.8) is 0 Å². The number of carboxylic acid groups (broad SMARTS) is 1. The van der Waals surface area contributed by atoms with Gasteiger partial charge < -0.3 is 19.3 Å². The Bertz CT molecular complexity index is 184. The molecule has 0 heterocycles. The molecule has 0 aliphatic rings. The highest BCUT2D eigenvalue weighted by Gasteiger charge is 1.96. The molecule has 0 aliphatic heterocycles. The van der Waals surface area contributed by atoms with Crippen molar-refractivity contribution in [3.05, 3.63) is 0 Å². The van der Waals surface area contributed by atoms with Crippen LogP contribution in [0.4, 0.5) is 0 Å². The molecule has 5 nitrogen and oxygen atoms in total. The van der Waals surface area contributed by atoms with Crippen LogP contribution in [0.25, 0.3) is 0 Å². The fourth-order valence-electron chi connectivity index (χ4n) is 1.41. The van der Waals surface area contributed by atoms with Crippen LogP contribution in [-0.2, 0) is 19.0 Å². The minimum absolute atomic E-state index is 0.266. The standard InChI is InChI=1S/C13H26O5/c1-2-3-4-5-6-7-16-8-9-17-10-11-18-12-13(14)15/h2-12H2,1H3,(H,14,15). The number of hydrogen-bond donors (Lipinski definition) is 1. The van der Waals surface area contributed by atoms with Gasteiger partial charge >= 0.3 is 5.97 Å². The lowest BCUT2D eigenvalue weighted by molar-refractivity contribution is -0.142. The molecule has 0 unspecified atom stereocenters. The molecule has 5 heteroatoms. The average molecular weight is 262 g/mol. The Morgan fingerprint density at radius 3 is 2.00 bits per heavy atom. The molecule has 0 atom stereocenters. The van der Waals surface area contributed by atoms with Crippen molar-refractivity contribution in [2.75, 3.05) is 39.6 Å². The fourth-order valence-corrected chi connectivity index (χ4v) is 1.41. The molecule has 0 bridgehead atoms. The third kappa shape index (κ3) is 15.4. The molecule has 1 N–H and O–H groups in total. The first-order valence-corrected chi connectivity index (χ1v) is 6.72. The van der Waals surface area contributed by atoms with Crippen LogP contribution < -0.4 is 0 Å². The Labute approximate surface area is 109 Å². The van der Waals surface area contributed by atoms with Crippen LogP contribution in [0.15, 0.2) is 0 Å². The van der Waals surface area contributed by atoms with E-state index in [4.69, 9.17) is 19.3 Å². The third-order valence-electron chi connectivity index (χ3n) is 2.36. The Hall–Kier alpha value is -0.650. The van der Waals surface area contributed by atoms with Crippen LogP contribution in [0.2, 0.25) is 0 Å². The minimum atomic E-state index is -0.957. The van der Waals surface area contributed by atoms with Crippen LogP contribution in [0.5, 0.6) is 0 Å². The van der Waals surface area contributed by atoms with Crippen LogP contribution in [0.1, 0.15) is 39.0 Å². The summed E-state index contributed by atoms with van der Waals surface area (Å²) in [6.07, 6.45) is 6.20. The van der Waals surface area contributed by atoms with Gasteiger partial charge in [-0.15, -0.1) is 0 Å². The number of ether oxygens (including phenoxy) is 3. The predicted molar refractivity (Wildman–Crippen MR) is 68.9 cm³/mol. The van der Waals surface area contributed by atoms with Crippen LogP contribution in [0, 0.1) is 0 Å². The summed E-state index contributed by atoms with van der Waals surface area (Å²) in [5.74, 6) is -0.957. The molecule has 18 heavy (non-hydrogen) atoms. The molecule has 108 valence electrons. The number of unbranched alkanes of at least 4 members (excludes halogenated alkanes) is 4. The summed E-state index contributed by atoms with van der Waals surface area (Å²) in [6, 6.07) is 0. The van der Waals surface area contributed by atoms with E-state index in [9.17, 15) is 4.79 Å². The maximum Gasteiger partial charge on any atom is 0.329 e. The highest BCUT2D eigenvalue weighted by Crippen LogP contribution is 2.02. The smallest absolute Gasteiger partial charge is 0.329 e. The Kier molecular flexibility index (Phi) is 13.9. The first-order chi connectivity index (χ1) is 8.77. The zero-order valence-electron chi connectivity index (χ0n) is 11.4. The summed E-state index contributed by atoms with van der Waals surface area (Å²) in [5.41, 5.74) is 0. The fraction of sp³-hybridized carbons (Fsp3) is 0.923. The largest absolute Gasteiger partial charge is 0.480 e. The lowest BCUT2D eigenvalue weighted by Gasteiger charge is -2.06. The first kappa shape index (κ1) is 17.4. The topological polar surface area (TPSA) is 65.0 Å². The molecular formula is C13H26O5. The van der Waals surface area contributed by atoms with Gasteiger partial charge in [0.2, 0.25) is 0 Å². The van der Waals surface area contributed by atoms with Gasteiger partial charge in [0.05, 0.1) is 26.4 Å². The maximum atomic E-state index is 10.1. The summed E-state index contributed by atoms with van der Waals surface area (Å²) < 4.78 is 15.4. The van der Waals surface area contributed by atoms with Crippen molar-refractivity contribution in [2.24, 2.45) is 0 Å². The highest BCUT2D eigenvalue weighted by atomic mass is 16.5. The normalized spacial score (nSPS) is 10.7. The Morgan fingerprint density at radius 2 is 1.39 bits per heavy atom. The number of rotatable bonds is 14. The molecule has 0 spiro atoms. The van der Waals surface area contributed by atoms with E-state index in [1.165, 1.54) is 25.7 Å². The second-order valence-corrected chi connectivity index (χ2v) is 4.09. The van der Waals surface area contributed by atoms with Gasteiger partial charge in [-0.1, -0.05) is 32.6 Å². The average Bonchev–Trinajstić information content (AvgIpc) is 2.34. The van der Waals surface area contributed by atoms with Crippen LogP contribution in [0.3, 0.4) is 0 Å². The van der Waals surface area contributed by atoms with E-state index >= 15 is 0 Å². The maximum absolute atomic E-state index is 10.1. The summed E-state index contributed by atoms with van der Waals surface area (Å²) in [7, 11) is 0. The van der Waals surface area contributed by atoms with E-state index in [2.05, 4.69) is 6.92 Å². The van der Waals surface area contributed by atoms with E-state index in [0.717, 1.165) is 13.0 Å². The van der Waals surface area contributed by atoms with Gasteiger partial charge in [-0.2, -0.15) is 0 Å². The van der Waals surface area contributed by atoms with E-state index in [1.54, 1.807) is 0 Å². The molecule has 0 saturated carbocycles. The molecule has 0 aromatic carbocycles. The Balaban J connectivity index is 2.92. The molecule has 0 aliphatic carbocycles. The molecule has 0 fully saturated rings. The van der Waals surface area contributed by atoms with Gasteiger partial charge in [-0.05, 0) is 6.42 Å². The van der Waals surface area contributed by atoms with Gasteiger partial charge in [-0.3, -0.25) is 0 Å². The van der Waals surface area contributed by atoms with Crippen molar-refractivity contribution in [3.8, 4) is 0 Å². The van der Waals surface area contributed by atoms with Crippen molar-refractivity contribution in [1.82, 2.24) is 0 Å². The summed E-state index contributed by atoms with van der Waals surface area (Å²) in [5, 5.41) is 8.30. The van der Waals surface area contributed by atoms with Gasteiger partial charge in [-0.25, -0.2) is 4.79 Å². The third-order valence-corrected chi connectivity index (χ3v) is 2.36. The van der Waals surface area contributed by atoms with Crippen molar-refractivity contribution in [1.29, 1.82) is 0 Å². The number of carbonyl (C=O) groups is 1. The summed E-state index contributed by atoms with van der Waals surface area (Å²) in [4.78, 5) is 10.1. The van der Waals surface area contributed by atoms with Crippen molar-refractivity contribution < 1.29 is 24.1 Å². The molecule has 0 aromatic heterocycles. The molecular weight excluding hydrogens is 236 g/mol. The predicted octanol–water partition coefficient (Wildman–Crippen LogP) is 2.09. The summed E-state index contributed by atoms with van der Waals surface area (Å²) in [6.45, 7) is 4.57. The quantitative estimate of drug-likeness (QED) is 0.486. The van der Waals surface area contributed by atoms with E-state index in [0.29, 0.717) is 26.4 Å². The lowest BCUT2D eigenvalue weighted by atomic mass is 10.2. The Morgan fingerprint density at radius 1 is 0.833 bits per heavy atom. The second-order valence-electron chi connectivity index (χ2n) is 4.09. The number of carboxylic acids is 1. The van der Waals surface area contributed by atoms with Gasteiger partial charge in [0.1, 0.15) is 6.61 Å². The van der Waals surface area contributed by atoms with E-state index < -0.39 is 5.97 Å². The molecule has 0 amide bonds. The number of aliphatic carboxylic acids is 1. The molecule has 0 saturated heterocycles. The minimum Gasteiger partial charge on any atom is -0.480 e. The summed E-state index contributed by atoms with van der Waals surface area (Å²) >= 11 is 0. The van der Waals surface area contributed by atoms with Gasteiger partial charge in [0.15, 0.2) is 0 Å². The lowest BCUT2D eigenvalue weighted by Crippen LogP contribution is -2.13. The van der Waals surface area contributed by atoms with Crippen molar-refractivity contribution >= 4 is 5.97 Å². The SMILES string of the molecule is CCCCCCCOCCOCCOCC(=O)O. The monoisotopic (exact) mass is 262 g/mol. The highest BCUT2D eigenvalue weighted by molar-refractivity contribution is 5.67. The van der Waals surface area contributed by atoms with Gasteiger partial charge in [0.25, 0.3) is 0 Å². The molecule has 0 rings (SSSR count). The second kappa shape index (κ2) is 14.4. The zero-order valence-corrected chi connectivity index (χ0v) is 11.4. The van der Waals surface area contributed by atoms with Gasteiger partial charge in [0, 0.05) is 6.61 Å². The molecule has 0 radical (unpaired) electrons.